The molecule has 0 aliphatic heterocycles. The predicted octanol–water partition coefficient (Wildman–Crippen LogP) is 5.26. The van der Waals surface area contributed by atoms with Gasteiger partial charge in [0.1, 0.15) is 11.6 Å². The zero-order valence-electron chi connectivity index (χ0n) is 10.8. The molecule has 0 nitrogen and oxygen atoms in total. The Kier molecular flexibility index (Phi) is 5.38. The van der Waals surface area contributed by atoms with Crippen LogP contribution in [-0.4, -0.2) is 5.88 Å². The average molecular weight is 315 g/mol. The van der Waals surface area contributed by atoms with Crippen molar-refractivity contribution in [3.63, 3.8) is 0 Å². The first-order chi connectivity index (χ1) is 9.58. The minimum atomic E-state index is -0.564. The van der Waals surface area contributed by atoms with Crippen LogP contribution < -0.4 is 0 Å². The monoisotopic (exact) mass is 314 g/mol. The van der Waals surface area contributed by atoms with Crippen molar-refractivity contribution in [1.82, 2.24) is 0 Å². The summed E-state index contributed by atoms with van der Waals surface area (Å²) in [5, 5.41) is 0.681. The molecule has 0 aliphatic carbocycles. The fourth-order valence-electron chi connectivity index (χ4n) is 2.13. The van der Waals surface area contributed by atoms with Crippen molar-refractivity contribution in [3.05, 3.63) is 70.2 Å². The Bertz CT molecular complexity index is 567. The molecule has 0 fully saturated rings. The Morgan fingerprint density at radius 2 is 1.65 bits per heavy atom. The molecule has 0 heterocycles. The Hall–Kier alpha value is -1.12. The Balaban J connectivity index is 2.07. The van der Waals surface area contributed by atoms with Crippen LogP contribution in [0.4, 0.5) is 8.78 Å². The molecule has 0 aliphatic rings. The minimum Gasteiger partial charge on any atom is -0.207 e. The molecule has 2 aromatic carbocycles. The van der Waals surface area contributed by atoms with E-state index in [-0.39, 0.29) is 5.92 Å². The number of alkyl halides is 1. The van der Waals surface area contributed by atoms with Crippen molar-refractivity contribution in [2.24, 2.45) is 5.92 Å². The lowest BCUT2D eigenvalue weighted by molar-refractivity contribution is 0.534. The third kappa shape index (κ3) is 4.19. The maximum Gasteiger partial charge on any atom is 0.129 e. The van der Waals surface area contributed by atoms with Crippen molar-refractivity contribution in [2.75, 3.05) is 5.88 Å². The molecule has 2 rings (SSSR count). The summed E-state index contributed by atoms with van der Waals surface area (Å²) in [6.07, 6.45) is 1.22. The summed E-state index contributed by atoms with van der Waals surface area (Å²) in [6.45, 7) is 0. The van der Waals surface area contributed by atoms with Crippen molar-refractivity contribution < 1.29 is 8.78 Å². The first kappa shape index (κ1) is 15.3. The topological polar surface area (TPSA) is 0 Å². The molecule has 0 spiro atoms. The fraction of sp³-hybridized carbons (Fsp3) is 0.250. The largest absolute Gasteiger partial charge is 0.207 e. The van der Waals surface area contributed by atoms with Crippen LogP contribution in [0.2, 0.25) is 5.02 Å². The molecule has 0 radical (unpaired) electrons. The molecular formula is C16H14Cl2F2. The summed E-state index contributed by atoms with van der Waals surface area (Å²) in [6, 6.07) is 11.2. The summed E-state index contributed by atoms with van der Waals surface area (Å²) < 4.78 is 26.5. The van der Waals surface area contributed by atoms with Gasteiger partial charge in [-0.3, -0.25) is 0 Å². The van der Waals surface area contributed by atoms with E-state index in [1.165, 1.54) is 12.1 Å². The highest BCUT2D eigenvalue weighted by Gasteiger charge is 2.13. The number of halogens is 4. The summed E-state index contributed by atoms with van der Waals surface area (Å²) in [7, 11) is 0. The van der Waals surface area contributed by atoms with E-state index in [4.69, 9.17) is 23.2 Å². The number of hydrogen-bond donors (Lipinski definition) is 0. The van der Waals surface area contributed by atoms with Crippen molar-refractivity contribution in [1.29, 1.82) is 0 Å². The number of hydrogen-bond acceptors (Lipinski definition) is 0. The Morgan fingerprint density at radius 1 is 0.950 bits per heavy atom. The summed E-state index contributed by atoms with van der Waals surface area (Å²) in [5.41, 5.74) is 1.59. The smallest absolute Gasteiger partial charge is 0.129 e. The zero-order valence-corrected chi connectivity index (χ0v) is 12.3. The number of rotatable bonds is 5. The molecule has 0 N–H and O–H groups in total. The average Bonchev–Trinajstić information content (AvgIpc) is 2.43. The van der Waals surface area contributed by atoms with E-state index < -0.39 is 11.6 Å². The van der Waals surface area contributed by atoms with Crippen molar-refractivity contribution in [3.8, 4) is 0 Å². The second kappa shape index (κ2) is 7.05. The van der Waals surface area contributed by atoms with Gasteiger partial charge in [-0.15, -0.1) is 11.6 Å². The summed E-state index contributed by atoms with van der Waals surface area (Å²) in [5.74, 6) is -0.570. The van der Waals surface area contributed by atoms with Crippen LogP contribution in [0.3, 0.4) is 0 Å². The first-order valence-corrected chi connectivity index (χ1v) is 7.24. The quantitative estimate of drug-likeness (QED) is 0.660. The third-order valence-corrected chi connectivity index (χ3v) is 3.87. The number of benzene rings is 2. The highest BCUT2D eigenvalue weighted by Crippen LogP contribution is 2.20. The van der Waals surface area contributed by atoms with Gasteiger partial charge in [-0.05, 0) is 48.1 Å². The Labute approximate surface area is 127 Å². The fourth-order valence-corrected chi connectivity index (χ4v) is 2.48. The van der Waals surface area contributed by atoms with Crippen LogP contribution in [0, 0.1) is 17.6 Å². The molecular weight excluding hydrogens is 301 g/mol. The van der Waals surface area contributed by atoms with E-state index >= 15 is 0 Å². The van der Waals surface area contributed by atoms with E-state index in [0.717, 1.165) is 18.1 Å². The second-order valence-electron chi connectivity index (χ2n) is 4.79. The van der Waals surface area contributed by atoms with Gasteiger partial charge < -0.3 is 0 Å². The van der Waals surface area contributed by atoms with Crippen molar-refractivity contribution in [2.45, 2.75) is 12.8 Å². The van der Waals surface area contributed by atoms with Crippen LogP contribution in [-0.2, 0) is 12.8 Å². The molecule has 1 atom stereocenters. The first-order valence-electron chi connectivity index (χ1n) is 6.33. The van der Waals surface area contributed by atoms with Gasteiger partial charge in [0.05, 0.1) is 0 Å². The van der Waals surface area contributed by atoms with Gasteiger partial charge in [0.25, 0.3) is 0 Å². The standard InChI is InChI=1S/C16H14Cl2F2/c17-10-12(7-11-1-4-14(18)5-2-11)8-13-3-6-15(19)9-16(13)20/h1-6,9,12H,7-8,10H2. The van der Waals surface area contributed by atoms with E-state index in [1.54, 1.807) is 0 Å². The molecule has 0 amide bonds. The van der Waals surface area contributed by atoms with Gasteiger partial charge in [0.15, 0.2) is 0 Å². The molecule has 0 saturated carbocycles. The van der Waals surface area contributed by atoms with E-state index in [2.05, 4.69) is 0 Å². The second-order valence-corrected chi connectivity index (χ2v) is 5.54. The van der Waals surface area contributed by atoms with E-state index in [9.17, 15) is 8.78 Å². The van der Waals surface area contributed by atoms with Gasteiger partial charge >= 0.3 is 0 Å². The van der Waals surface area contributed by atoms with Crippen LogP contribution in [0.25, 0.3) is 0 Å². The molecule has 0 bridgehead atoms. The van der Waals surface area contributed by atoms with Gasteiger partial charge in [0, 0.05) is 17.0 Å². The van der Waals surface area contributed by atoms with Crippen LogP contribution in [0.1, 0.15) is 11.1 Å². The lowest BCUT2D eigenvalue weighted by Gasteiger charge is -2.14. The lowest BCUT2D eigenvalue weighted by Crippen LogP contribution is -2.11. The highest BCUT2D eigenvalue weighted by atomic mass is 35.5. The molecule has 1 unspecified atom stereocenters. The minimum absolute atomic E-state index is 0.0952. The SMILES string of the molecule is Fc1ccc(CC(CCl)Cc2ccc(Cl)cc2)c(F)c1. The van der Waals surface area contributed by atoms with E-state index in [0.29, 0.717) is 22.9 Å². The maximum atomic E-state index is 13.6. The van der Waals surface area contributed by atoms with Crippen LogP contribution in [0.15, 0.2) is 42.5 Å². The molecule has 4 heteroatoms. The maximum absolute atomic E-state index is 13.6. The normalized spacial score (nSPS) is 12.4. The highest BCUT2D eigenvalue weighted by molar-refractivity contribution is 6.30. The summed E-state index contributed by atoms with van der Waals surface area (Å²) in [4.78, 5) is 0. The molecule has 2 aromatic rings. The van der Waals surface area contributed by atoms with Gasteiger partial charge in [-0.1, -0.05) is 29.8 Å². The van der Waals surface area contributed by atoms with E-state index in [1.807, 2.05) is 24.3 Å². The molecule has 20 heavy (non-hydrogen) atoms. The Morgan fingerprint density at radius 3 is 2.25 bits per heavy atom. The third-order valence-electron chi connectivity index (χ3n) is 3.18. The van der Waals surface area contributed by atoms with Gasteiger partial charge in [-0.25, -0.2) is 8.78 Å². The van der Waals surface area contributed by atoms with Crippen LogP contribution >= 0.6 is 23.2 Å². The molecule has 0 saturated heterocycles. The van der Waals surface area contributed by atoms with Gasteiger partial charge in [0.2, 0.25) is 0 Å². The van der Waals surface area contributed by atoms with Gasteiger partial charge in [-0.2, -0.15) is 0 Å². The zero-order chi connectivity index (χ0) is 14.5. The lowest BCUT2D eigenvalue weighted by atomic mass is 9.94. The molecule has 0 aromatic heterocycles. The summed E-state index contributed by atoms with van der Waals surface area (Å²) >= 11 is 11.8. The molecule has 106 valence electrons. The van der Waals surface area contributed by atoms with Crippen LogP contribution in [0.5, 0.6) is 0 Å². The van der Waals surface area contributed by atoms with Crippen molar-refractivity contribution >= 4 is 23.2 Å². The predicted molar refractivity (Wildman–Crippen MR) is 79.4 cm³/mol.